The summed E-state index contributed by atoms with van der Waals surface area (Å²) in [5.74, 6) is 0.217. The highest BCUT2D eigenvalue weighted by molar-refractivity contribution is 6.42. The van der Waals surface area contributed by atoms with Crippen molar-refractivity contribution in [3.05, 3.63) is 69.2 Å². The van der Waals surface area contributed by atoms with Gasteiger partial charge in [-0.15, -0.1) is 0 Å². The third-order valence-corrected chi connectivity index (χ3v) is 4.52. The standard InChI is InChI=1S/C16H14Cl2O/c17-14-6-5-10(8-15(14)18)7-12-9-11-3-1-2-4-13(11)16(12)19/h1-6,8,12,16,19H,7,9H2. The Bertz CT molecular complexity index is 609. The minimum Gasteiger partial charge on any atom is -0.388 e. The van der Waals surface area contributed by atoms with Crippen LogP contribution in [0.15, 0.2) is 42.5 Å². The molecule has 2 aromatic carbocycles. The summed E-state index contributed by atoms with van der Waals surface area (Å²) in [5.41, 5.74) is 3.43. The lowest BCUT2D eigenvalue weighted by atomic mass is 9.95. The van der Waals surface area contributed by atoms with E-state index in [1.165, 1.54) is 5.56 Å². The molecule has 98 valence electrons. The van der Waals surface area contributed by atoms with E-state index in [2.05, 4.69) is 6.07 Å². The molecule has 3 rings (SSSR count). The molecule has 0 saturated carbocycles. The summed E-state index contributed by atoms with van der Waals surface area (Å²) < 4.78 is 0. The predicted molar refractivity (Wildman–Crippen MR) is 78.8 cm³/mol. The summed E-state index contributed by atoms with van der Waals surface area (Å²) >= 11 is 11.9. The Morgan fingerprint density at radius 1 is 1.05 bits per heavy atom. The highest BCUT2D eigenvalue weighted by Gasteiger charge is 2.30. The second kappa shape index (κ2) is 5.16. The molecule has 0 bridgehead atoms. The molecule has 2 unspecified atom stereocenters. The van der Waals surface area contributed by atoms with Gasteiger partial charge in [-0.1, -0.05) is 53.5 Å². The normalized spacial score (nSPS) is 21.4. The molecule has 0 heterocycles. The van der Waals surface area contributed by atoms with Gasteiger partial charge in [-0.05, 0) is 47.6 Å². The first-order valence-electron chi connectivity index (χ1n) is 6.35. The van der Waals surface area contributed by atoms with Gasteiger partial charge in [0.15, 0.2) is 0 Å². The molecule has 1 nitrogen and oxygen atoms in total. The number of halogens is 2. The minimum atomic E-state index is -0.384. The van der Waals surface area contributed by atoms with E-state index in [4.69, 9.17) is 23.2 Å². The van der Waals surface area contributed by atoms with Gasteiger partial charge in [-0.3, -0.25) is 0 Å². The van der Waals surface area contributed by atoms with Crippen molar-refractivity contribution in [2.75, 3.05) is 0 Å². The molecule has 0 amide bonds. The van der Waals surface area contributed by atoms with Crippen LogP contribution in [0.4, 0.5) is 0 Å². The summed E-state index contributed by atoms with van der Waals surface area (Å²) in [7, 11) is 0. The first-order chi connectivity index (χ1) is 9.15. The summed E-state index contributed by atoms with van der Waals surface area (Å²) in [6.07, 6.45) is 1.34. The van der Waals surface area contributed by atoms with Gasteiger partial charge in [0.25, 0.3) is 0 Å². The number of hydrogen-bond acceptors (Lipinski definition) is 1. The molecule has 0 aliphatic heterocycles. The van der Waals surface area contributed by atoms with Crippen molar-refractivity contribution in [2.24, 2.45) is 5.92 Å². The van der Waals surface area contributed by atoms with Crippen LogP contribution in [0.3, 0.4) is 0 Å². The van der Waals surface area contributed by atoms with Crippen LogP contribution in [0.1, 0.15) is 22.8 Å². The topological polar surface area (TPSA) is 20.2 Å². The van der Waals surface area contributed by atoms with Crippen LogP contribution in [-0.2, 0) is 12.8 Å². The Kier molecular flexibility index (Phi) is 3.53. The molecule has 0 aromatic heterocycles. The average molecular weight is 293 g/mol. The Morgan fingerprint density at radius 3 is 2.58 bits per heavy atom. The van der Waals surface area contributed by atoms with E-state index in [9.17, 15) is 5.11 Å². The maximum absolute atomic E-state index is 10.4. The van der Waals surface area contributed by atoms with Crippen molar-refractivity contribution in [3.63, 3.8) is 0 Å². The maximum atomic E-state index is 10.4. The zero-order chi connectivity index (χ0) is 13.4. The van der Waals surface area contributed by atoms with Gasteiger partial charge in [0, 0.05) is 0 Å². The highest BCUT2D eigenvalue weighted by Crippen LogP contribution is 2.38. The zero-order valence-electron chi connectivity index (χ0n) is 10.3. The van der Waals surface area contributed by atoms with E-state index in [0.29, 0.717) is 10.0 Å². The Labute approximate surface area is 122 Å². The lowest BCUT2D eigenvalue weighted by Crippen LogP contribution is -2.10. The van der Waals surface area contributed by atoms with Gasteiger partial charge in [0.05, 0.1) is 16.1 Å². The molecule has 1 N–H and O–H groups in total. The van der Waals surface area contributed by atoms with Gasteiger partial charge in [-0.25, -0.2) is 0 Å². The van der Waals surface area contributed by atoms with Crippen LogP contribution in [0, 0.1) is 5.92 Å². The zero-order valence-corrected chi connectivity index (χ0v) is 11.8. The van der Waals surface area contributed by atoms with E-state index < -0.39 is 0 Å². The second-order valence-electron chi connectivity index (χ2n) is 5.06. The molecule has 3 heteroatoms. The first kappa shape index (κ1) is 13.0. The smallest absolute Gasteiger partial charge is 0.0827 e. The molecule has 2 aromatic rings. The fourth-order valence-corrected chi connectivity index (χ4v) is 3.13. The van der Waals surface area contributed by atoms with Crippen LogP contribution in [0.5, 0.6) is 0 Å². The lowest BCUT2D eigenvalue weighted by molar-refractivity contribution is 0.123. The Balaban J connectivity index is 1.80. The predicted octanol–water partition coefficient (Wildman–Crippen LogP) is 4.44. The summed E-state index contributed by atoms with van der Waals surface area (Å²) in [6, 6.07) is 13.8. The fourth-order valence-electron chi connectivity index (χ4n) is 2.81. The Hall–Kier alpha value is -1.02. The highest BCUT2D eigenvalue weighted by atomic mass is 35.5. The molecule has 0 saturated heterocycles. The van der Waals surface area contributed by atoms with E-state index >= 15 is 0 Å². The van der Waals surface area contributed by atoms with Crippen LogP contribution in [-0.4, -0.2) is 5.11 Å². The van der Waals surface area contributed by atoms with Crippen LogP contribution in [0.25, 0.3) is 0 Å². The number of hydrogen-bond donors (Lipinski definition) is 1. The molecule has 0 spiro atoms. The number of fused-ring (bicyclic) bond motifs is 1. The maximum Gasteiger partial charge on any atom is 0.0827 e. The van der Waals surface area contributed by atoms with Crippen molar-refractivity contribution in [3.8, 4) is 0 Å². The molecule has 0 fully saturated rings. The van der Waals surface area contributed by atoms with Gasteiger partial charge in [0.1, 0.15) is 0 Å². The quantitative estimate of drug-likeness (QED) is 0.867. The lowest BCUT2D eigenvalue weighted by Gasteiger charge is -2.15. The molecule has 0 radical (unpaired) electrons. The van der Waals surface area contributed by atoms with E-state index in [0.717, 1.165) is 24.0 Å². The molecule has 1 aliphatic carbocycles. The largest absolute Gasteiger partial charge is 0.388 e. The summed E-state index contributed by atoms with van der Waals surface area (Å²) in [5, 5.41) is 11.5. The van der Waals surface area contributed by atoms with Gasteiger partial charge >= 0.3 is 0 Å². The van der Waals surface area contributed by atoms with Crippen molar-refractivity contribution < 1.29 is 5.11 Å². The van der Waals surface area contributed by atoms with Crippen molar-refractivity contribution in [1.82, 2.24) is 0 Å². The molecule has 2 atom stereocenters. The van der Waals surface area contributed by atoms with Gasteiger partial charge < -0.3 is 5.11 Å². The average Bonchev–Trinajstić information content (AvgIpc) is 2.72. The minimum absolute atomic E-state index is 0.217. The SMILES string of the molecule is OC1c2ccccc2CC1Cc1ccc(Cl)c(Cl)c1. The summed E-state index contributed by atoms with van der Waals surface area (Å²) in [6.45, 7) is 0. The van der Waals surface area contributed by atoms with Crippen LogP contribution >= 0.6 is 23.2 Å². The Morgan fingerprint density at radius 2 is 1.84 bits per heavy atom. The number of aliphatic hydroxyl groups excluding tert-OH is 1. The van der Waals surface area contributed by atoms with Crippen LogP contribution in [0.2, 0.25) is 10.0 Å². The van der Waals surface area contributed by atoms with Gasteiger partial charge in [0.2, 0.25) is 0 Å². The second-order valence-corrected chi connectivity index (χ2v) is 5.87. The van der Waals surface area contributed by atoms with Crippen LogP contribution < -0.4 is 0 Å². The van der Waals surface area contributed by atoms with Crippen molar-refractivity contribution in [2.45, 2.75) is 18.9 Å². The summed E-state index contributed by atoms with van der Waals surface area (Å²) in [4.78, 5) is 0. The molecule has 19 heavy (non-hydrogen) atoms. The third-order valence-electron chi connectivity index (χ3n) is 3.78. The number of benzene rings is 2. The molecule has 1 aliphatic rings. The van der Waals surface area contributed by atoms with E-state index in [1.807, 2.05) is 36.4 Å². The third kappa shape index (κ3) is 2.51. The molecular weight excluding hydrogens is 279 g/mol. The van der Waals surface area contributed by atoms with Gasteiger partial charge in [-0.2, -0.15) is 0 Å². The van der Waals surface area contributed by atoms with Crippen molar-refractivity contribution >= 4 is 23.2 Å². The fraction of sp³-hybridized carbons (Fsp3) is 0.250. The van der Waals surface area contributed by atoms with E-state index in [1.54, 1.807) is 0 Å². The van der Waals surface area contributed by atoms with E-state index in [-0.39, 0.29) is 12.0 Å². The number of aliphatic hydroxyl groups is 1. The molecular formula is C16H14Cl2O. The van der Waals surface area contributed by atoms with Crippen molar-refractivity contribution in [1.29, 1.82) is 0 Å². The number of rotatable bonds is 2. The first-order valence-corrected chi connectivity index (χ1v) is 7.10. The monoisotopic (exact) mass is 292 g/mol.